The second-order valence-corrected chi connectivity index (χ2v) is 3.21. The molecule has 2 rings (SSSR count). The molecule has 14 heavy (non-hydrogen) atoms. The molecular weight excluding hydrogens is 200 g/mol. The van der Waals surface area contributed by atoms with Crippen molar-refractivity contribution in [2.75, 3.05) is 24.5 Å². The number of anilines is 1. The van der Waals surface area contributed by atoms with Crippen LogP contribution in [-0.4, -0.2) is 31.0 Å². The van der Waals surface area contributed by atoms with Gasteiger partial charge in [0.25, 0.3) is 0 Å². The van der Waals surface area contributed by atoms with Crippen LogP contribution >= 0.6 is 12.4 Å². The van der Waals surface area contributed by atoms with Gasteiger partial charge in [0.15, 0.2) is 0 Å². The lowest BCUT2D eigenvalue weighted by atomic mass is 10.2. The van der Waals surface area contributed by atoms with Gasteiger partial charge < -0.3 is 15.3 Å². The first-order valence-electron chi connectivity index (χ1n) is 4.58. The van der Waals surface area contributed by atoms with E-state index in [1.165, 1.54) is 0 Å². The van der Waals surface area contributed by atoms with Crippen LogP contribution in [0.25, 0.3) is 0 Å². The second kappa shape index (κ2) is 5.20. The number of hydrogen-bond donors (Lipinski definition) is 2. The third-order valence-electron chi connectivity index (χ3n) is 2.30. The minimum atomic E-state index is -0.392. The number of hydrogen-bond acceptors (Lipinski definition) is 3. The van der Waals surface area contributed by atoms with Crippen molar-refractivity contribution in [2.45, 2.75) is 6.23 Å². The molecular formula is C10H15ClN2O. The molecule has 1 aromatic rings. The molecule has 0 aromatic heterocycles. The Balaban J connectivity index is 0.000000980. The molecule has 4 heteroatoms. The molecule has 1 aliphatic rings. The Bertz CT molecular complexity index is 268. The van der Waals surface area contributed by atoms with E-state index in [1.54, 1.807) is 0 Å². The zero-order valence-electron chi connectivity index (χ0n) is 7.89. The van der Waals surface area contributed by atoms with E-state index in [0.717, 1.165) is 18.8 Å². The number of aliphatic hydroxyl groups is 1. The average Bonchev–Trinajstić information content (AvgIpc) is 2.20. The molecule has 1 heterocycles. The van der Waals surface area contributed by atoms with Gasteiger partial charge in [0, 0.05) is 25.3 Å². The second-order valence-electron chi connectivity index (χ2n) is 3.21. The maximum Gasteiger partial charge on any atom is 0.139 e. The van der Waals surface area contributed by atoms with Gasteiger partial charge in [0.05, 0.1) is 0 Å². The predicted molar refractivity (Wildman–Crippen MR) is 59.9 cm³/mol. The molecule has 78 valence electrons. The predicted octanol–water partition coefficient (Wildman–Crippen LogP) is 0.836. The van der Waals surface area contributed by atoms with Crippen molar-refractivity contribution in [1.82, 2.24) is 5.32 Å². The molecule has 1 unspecified atom stereocenters. The number of β-amino-alcohol motifs (C(OH)–C–C–N with tert-alkyl or cyclic N) is 1. The van der Waals surface area contributed by atoms with Gasteiger partial charge in [-0.25, -0.2) is 0 Å². The first-order valence-corrected chi connectivity index (χ1v) is 4.58. The zero-order chi connectivity index (χ0) is 9.10. The zero-order valence-corrected chi connectivity index (χ0v) is 8.70. The van der Waals surface area contributed by atoms with E-state index in [9.17, 15) is 5.11 Å². The van der Waals surface area contributed by atoms with Gasteiger partial charge in [0.2, 0.25) is 0 Å². The third-order valence-corrected chi connectivity index (χ3v) is 2.30. The number of halogens is 1. The summed E-state index contributed by atoms with van der Waals surface area (Å²) in [6, 6.07) is 10.0. The summed E-state index contributed by atoms with van der Waals surface area (Å²) >= 11 is 0. The third kappa shape index (κ3) is 2.38. The van der Waals surface area contributed by atoms with E-state index in [-0.39, 0.29) is 12.4 Å². The van der Waals surface area contributed by atoms with Crippen LogP contribution in [0.15, 0.2) is 30.3 Å². The van der Waals surface area contributed by atoms with Gasteiger partial charge >= 0.3 is 0 Å². The lowest BCUT2D eigenvalue weighted by Crippen LogP contribution is -2.51. The maximum absolute atomic E-state index is 9.69. The van der Waals surface area contributed by atoms with E-state index in [1.807, 2.05) is 35.2 Å². The molecule has 0 aliphatic carbocycles. The lowest BCUT2D eigenvalue weighted by Gasteiger charge is -2.34. The number of rotatable bonds is 1. The molecule has 1 fully saturated rings. The number of nitrogens with zero attached hydrogens (tertiary/aromatic N) is 1. The van der Waals surface area contributed by atoms with Crippen LogP contribution in [-0.2, 0) is 0 Å². The largest absolute Gasteiger partial charge is 0.372 e. The summed E-state index contributed by atoms with van der Waals surface area (Å²) in [6.07, 6.45) is -0.392. The first-order chi connectivity index (χ1) is 6.38. The minimum absolute atomic E-state index is 0. The Labute approximate surface area is 90.1 Å². The van der Waals surface area contributed by atoms with Crippen LogP contribution in [0.4, 0.5) is 5.69 Å². The Morgan fingerprint density at radius 2 is 2.00 bits per heavy atom. The lowest BCUT2D eigenvalue weighted by molar-refractivity contribution is 0.152. The fourth-order valence-corrected chi connectivity index (χ4v) is 1.61. The summed E-state index contributed by atoms with van der Waals surface area (Å²) in [5.74, 6) is 0. The normalized spacial score (nSPS) is 21.5. The summed E-state index contributed by atoms with van der Waals surface area (Å²) in [6.45, 7) is 2.45. The Kier molecular flexibility index (Phi) is 4.20. The summed E-state index contributed by atoms with van der Waals surface area (Å²) in [4.78, 5) is 2.01. The van der Waals surface area contributed by atoms with Gasteiger partial charge in [-0.1, -0.05) is 18.2 Å². The number of aliphatic hydroxyl groups excluding tert-OH is 1. The van der Waals surface area contributed by atoms with Crippen LogP contribution in [0, 0.1) is 0 Å². The average molecular weight is 215 g/mol. The van der Waals surface area contributed by atoms with E-state index in [0.29, 0.717) is 6.54 Å². The van der Waals surface area contributed by atoms with Crippen molar-refractivity contribution in [3.8, 4) is 0 Å². The standard InChI is InChI=1S/C10H14N2O.ClH/c13-10-8-11-6-7-12(10)9-4-2-1-3-5-9;/h1-5,10-11,13H,6-8H2;1H. The molecule has 0 spiro atoms. The van der Waals surface area contributed by atoms with E-state index in [2.05, 4.69) is 5.32 Å². The maximum atomic E-state index is 9.69. The number of para-hydroxylation sites is 1. The Morgan fingerprint density at radius 3 is 2.64 bits per heavy atom. The van der Waals surface area contributed by atoms with Crippen molar-refractivity contribution in [3.05, 3.63) is 30.3 Å². The summed E-state index contributed by atoms with van der Waals surface area (Å²) < 4.78 is 0. The van der Waals surface area contributed by atoms with E-state index >= 15 is 0 Å². The van der Waals surface area contributed by atoms with E-state index in [4.69, 9.17) is 0 Å². The quantitative estimate of drug-likeness (QED) is 0.727. The first kappa shape index (κ1) is 11.3. The molecule has 0 radical (unpaired) electrons. The van der Waals surface area contributed by atoms with Crippen LogP contribution in [0.5, 0.6) is 0 Å². The summed E-state index contributed by atoms with van der Waals surface area (Å²) in [5, 5.41) is 12.8. The SMILES string of the molecule is Cl.OC1CNCCN1c1ccccc1. The molecule has 1 aliphatic heterocycles. The highest BCUT2D eigenvalue weighted by Gasteiger charge is 2.18. The van der Waals surface area contributed by atoms with Gasteiger partial charge in [-0.05, 0) is 12.1 Å². The molecule has 3 nitrogen and oxygen atoms in total. The van der Waals surface area contributed by atoms with Gasteiger partial charge in [-0.2, -0.15) is 0 Å². The van der Waals surface area contributed by atoms with Gasteiger partial charge in [-0.3, -0.25) is 0 Å². The smallest absolute Gasteiger partial charge is 0.139 e. The van der Waals surface area contributed by atoms with Crippen LogP contribution in [0.3, 0.4) is 0 Å². The number of nitrogens with one attached hydrogen (secondary N) is 1. The van der Waals surface area contributed by atoms with E-state index < -0.39 is 6.23 Å². The molecule has 2 N–H and O–H groups in total. The highest BCUT2D eigenvalue weighted by atomic mass is 35.5. The van der Waals surface area contributed by atoms with Crippen LogP contribution < -0.4 is 10.2 Å². The fourth-order valence-electron chi connectivity index (χ4n) is 1.61. The van der Waals surface area contributed by atoms with Crippen molar-refractivity contribution >= 4 is 18.1 Å². The summed E-state index contributed by atoms with van der Waals surface area (Å²) in [7, 11) is 0. The van der Waals surface area contributed by atoms with Crippen molar-refractivity contribution in [3.63, 3.8) is 0 Å². The summed E-state index contributed by atoms with van der Waals surface area (Å²) in [5.41, 5.74) is 1.09. The molecule has 0 amide bonds. The fraction of sp³-hybridized carbons (Fsp3) is 0.400. The van der Waals surface area contributed by atoms with Crippen molar-refractivity contribution in [1.29, 1.82) is 0 Å². The highest BCUT2D eigenvalue weighted by Crippen LogP contribution is 2.15. The highest BCUT2D eigenvalue weighted by molar-refractivity contribution is 5.85. The van der Waals surface area contributed by atoms with Gasteiger partial charge in [-0.15, -0.1) is 12.4 Å². The molecule has 1 aromatic carbocycles. The Hall–Kier alpha value is -0.770. The Morgan fingerprint density at radius 1 is 1.29 bits per heavy atom. The van der Waals surface area contributed by atoms with Crippen LogP contribution in [0.1, 0.15) is 0 Å². The monoisotopic (exact) mass is 214 g/mol. The van der Waals surface area contributed by atoms with Crippen molar-refractivity contribution in [2.24, 2.45) is 0 Å². The van der Waals surface area contributed by atoms with Gasteiger partial charge in [0.1, 0.15) is 6.23 Å². The molecule has 0 saturated carbocycles. The number of piperazine rings is 1. The van der Waals surface area contributed by atoms with Crippen molar-refractivity contribution < 1.29 is 5.11 Å². The number of benzene rings is 1. The topological polar surface area (TPSA) is 35.5 Å². The minimum Gasteiger partial charge on any atom is -0.372 e. The molecule has 0 bridgehead atoms. The molecule has 1 atom stereocenters. The molecule has 1 saturated heterocycles. The van der Waals surface area contributed by atoms with Crippen LogP contribution in [0.2, 0.25) is 0 Å².